The monoisotopic (exact) mass is 399 g/mol. The van der Waals surface area contributed by atoms with Crippen molar-refractivity contribution in [3.63, 3.8) is 0 Å². The van der Waals surface area contributed by atoms with Crippen molar-refractivity contribution >= 4 is 17.4 Å². The normalized spacial score (nSPS) is 18.0. The minimum atomic E-state index is -0.220. The third-order valence-electron chi connectivity index (χ3n) is 6.13. The lowest BCUT2D eigenvalue weighted by Gasteiger charge is -2.27. The van der Waals surface area contributed by atoms with Crippen LogP contribution in [-0.2, 0) is 17.6 Å². The van der Waals surface area contributed by atoms with Gasteiger partial charge in [-0.05, 0) is 56.9 Å². The summed E-state index contributed by atoms with van der Waals surface area (Å²) in [5, 5.41) is 0. The Hall–Kier alpha value is -3.28. The molecule has 6 heteroatoms. The fraction of sp³-hybridized carbons (Fsp3) is 0.333. The second-order valence-corrected chi connectivity index (χ2v) is 8.11. The first-order valence-corrected chi connectivity index (χ1v) is 10.5. The van der Waals surface area contributed by atoms with E-state index in [1.54, 1.807) is 6.20 Å². The van der Waals surface area contributed by atoms with Gasteiger partial charge >= 0.3 is 0 Å². The van der Waals surface area contributed by atoms with Gasteiger partial charge in [0.1, 0.15) is 17.6 Å². The van der Waals surface area contributed by atoms with Gasteiger partial charge in [-0.1, -0.05) is 23.8 Å². The van der Waals surface area contributed by atoms with Crippen molar-refractivity contribution in [2.45, 2.75) is 38.6 Å². The molecule has 1 atom stereocenters. The maximum Gasteiger partial charge on any atom is 0.249 e. The Morgan fingerprint density at radius 1 is 1.07 bits per heavy atom. The van der Waals surface area contributed by atoms with E-state index in [2.05, 4.69) is 28.9 Å². The van der Waals surface area contributed by atoms with Crippen LogP contribution in [0.2, 0.25) is 0 Å². The predicted molar refractivity (Wildman–Crippen MR) is 118 cm³/mol. The lowest BCUT2D eigenvalue weighted by molar-refractivity contribution is -0.118. The standard InChI is InChI=1S/C24H25N5O/c1-16-9-11-17(12-10-16)29-15-13-21(24(29)30)28(2)23-18-6-5-8-19(18)26-22(27-23)20-7-3-4-14-25-20/h3-4,7,9-12,14,21H,5-6,8,13,15H2,1-2H3/t21-/m0/s1. The number of carbonyl (C=O) groups excluding carboxylic acids is 1. The predicted octanol–water partition coefficient (Wildman–Crippen LogP) is 3.58. The Bertz CT molecular complexity index is 1080. The minimum Gasteiger partial charge on any atom is -0.347 e. The summed E-state index contributed by atoms with van der Waals surface area (Å²) in [5.74, 6) is 1.65. The molecule has 2 aliphatic rings. The van der Waals surface area contributed by atoms with Crippen LogP contribution in [0, 0.1) is 6.92 Å². The van der Waals surface area contributed by atoms with Crippen LogP contribution in [0.1, 0.15) is 29.7 Å². The number of benzene rings is 1. The van der Waals surface area contributed by atoms with E-state index in [0.717, 1.165) is 55.1 Å². The van der Waals surface area contributed by atoms with Crippen molar-refractivity contribution in [2.75, 3.05) is 23.4 Å². The second kappa shape index (κ2) is 7.52. The highest BCUT2D eigenvalue weighted by Gasteiger charge is 2.37. The summed E-state index contributed by atoms with van der Waals surface area (Å²) in [7, 11) is 1.99. The van der Waals surface area contributed by atoms with Gasteiger partial charge in [0, 0.05) is 36.7 Å². The van der Waals surface area contributed by atoms with E-state index >= 15 is 0 Å². The molecule has 1 aromatic carbocycles. The quantitative estimate of drug-likeness (QED) is 0.671. The lowest BCUT2D eigenvalue weighted by atomic mass is 10.1. The number of aryl methyl sites for hydroxylation is 2. The Balaban J connectivity index is 1.48. The van der Waals surface area contributed by atoms with Gasteiger partial charge in [-0.25, -0.2) is 9.97 Å². The number of amides is 1. The minimum absolute atomic E-state index is 0.131. The number of nitrogens with zero attached hydrogens (tertiary/aromatic N) is 5. The second-order valence-electron chi connectivity index (χ2n) is 8.11. The van der Waals surface area contributed by atoms with Crippen LogP contribution < -0.4 is 9.80 Å². The Labute approximate surface area is 176 Å². The highest BCUT2D eigenvalue weighted by Crippen LogP contribution is 2.33. The number of rotatable bonds is 4. The molecule has 152 valence electrons. The number of pyridine rings is 1. The van der Waals surface area contributed by atoms with E-state index in [4.69, 9.17) is 9.97 Å². The highest BCUT2D eigenvalue weighted by atomic mass is 16.2. The van der Waals surface area contributed by atoms with Crippen LogP contribution in [0.25, 0.3) is 11.5 Å². The Kier molecular flexibility index (Phi) is 4.69. The van der Waals surface area contributed by atoms with E-state index in [1.165, 1.54) is 11.1 Å². The average molecular weight is 399 g/mol. The summed E-state index contributed by atoms with van der Waals surface area (Å²) < 4.78 is 0. The molecule has 30 heavy (non-hydrogen) atoms. The number of aromatic nitrogens is 3. The number of carbonyl (C=O) groups is 1. The molecule has 1 fully saturated rings. The Morgan fingerprint density at radius 2 is 1.90 bits per heavy atom. The molecular formula is C24H25N5O. The lowest BCUT2D eigenvalue weighted by Crippen LogP contribution is -2.40. The van der Waals surface area contributed by atoms with Gasteiger partial charge < -0.3 is 9.80 Å². The first kappa shape index (κ1) is 18.7. The van der Waals surface area contributed by atoms with E-state index in [0.29, 0.717) is 5.82 Å². The molecule has 3 aromatic rings. The molecule has 0 saturated carbocycles. The third kappa shape index (κ3) is 3.22. The summed E-state index contributed by atoms with van der Waals surface area (Å²) in [6.07, 6.45) is 5.52. The molecule has 0 N–H and O–H groups in total. The van der Waals surface area contributed by atoms with Crippen molar-refractivity contribution in [3.8, 4) is 11.5 Å². The van der Waals surface area contributed by atoms with Crippen LogP contribution in [0.3, 0.4) is 0 Å². The van der Waals surface area contributed by atoms with Crippen molar-refractivity contribution in [2.24, 2.45) is 0 Å². The number of anilines is 2. The SMILES string of the molecule is Cc1ccc(N2CC[C@H](N(C)c3nc(-c4ccccn4)nc4c3CCC4)C2=O)cc1. The largest absolute Gasteiger partial charge is 0.347 e. The van der Waals surface area contributed by atoms with E-state index in [1.807, 2.05) is 42.3 Å². The summed E-state index contributed by atoms with van der Waals surface area (Å²) in [5.41, 5.74) is 5.19. The molecular weight excluding hydrogens is 374 g/mol. The van der Waals surface area contributed by atoms with E-state index in [9.17, 15) is 4.79 Å². The number of likely N-dealkylation sites (N-methyl/N-ethyl adjacent to an activating group) is 1. The van der Waals surface area contributed by atoms with Crippen molar-refractivity contribution in [1.82, 2.24) is 15.0 Å². The van der Waals surface area contributed by atoms with E-state index in [-0.39, 0.29) is 11.9 Å². The molecule has 0 unspecified atom stereocenters. The first-order chi connectivity index (χ1) is 14.6. The highest BCUT2D eigenvalue weighted by molar-refractivity contribution is 6.01. The van der Waals surface area contributed by atoms with Crippen LogP contribution in [0.5, 0.6) is 0 Å². The van der Waals surface area contributed by atoms with Gasteiger partial charge in [0.05, 0.1) is 0 Å². The maximum atomic E-state index is 13.3. The molecule has 1 amide bonds. The number of hydrogen-bond donors (Lipinski definition) is 0. The third-order valence-corrected chi connectivity index (χ3v) is 6.13. The van der Waals surface area contributed by atoms with Gasteiger partial charge in [-0.2, -0.15) is 0 Å². The molecule has 3 heterocycles. The topological polar surface area (TPSA) is 62.2 Å². The molecule has 1 aliphatic heterocycles. The zero-order valence-corrected chi connectivity index (χ0v) is 17.4. The van der Waals surface area contributed by atoms with Gasteiger partial charge in [0.2, 0.25) is 5.91 Å². The summed E-state index contributed by atoms with van der Waals surface area (Å²) >= 11 is 0. The summed E-state index contributed by atoms with van der Waals surface area (Å²) in [6, 6.07) is 13.7. The summed E-state index contributed by atoms with van der Waals surface area (Å²) in [4.78, 5) is 31.3. The zero-order chi connectivity index (χ0) is 20.7. The molecule has 0 radical (unpaired) electrons. The van der Waals surface area contributed by atoms with Crippen LogP contribution >= 0.6 is 0 Å². The molecule has 5 rings (SSSR count). The van der Waals surface area contributed by atoms with Gasteiger partial charge in [0.15, 0.2) is 5.82 Å². The number of fused-ring (bicyclic) bond motifs is 1. The summed E-state index contributed by atoms with van der Waals surface area (Å²) in [6.45, 7) is 2.78. The van der Waals surface area contributed by atoms with Gasteiger partial charge in [-0.3, -0.25) is 9.78 Å². The van der Waals surface area contributed by atoms with Crippen molar-refractivity contribution < 1.29 is 4.79 Å². The number of hydrogen-bond acceptors (Lipinski definition) is 5. The fourth-order valence-electron chi connectivity index (χ4n) is 4.47. The average Bonchev–Trinajstić information content (AvgIpc) is 3.40. The van der Waals surface area contributed by atoms with E-state index < -0.39 is 0 Å². The Morgan fingerprint density at radius 3 is 2.67 bits per heavy atom. The molecule has 2 aromatic heterocycles. The van der Waals surface area contributed by atoms with Crippen LogP contribution in [-0.4, -0.2) is 40.5 Å². The first-order valence-electron chi connectivity index (χ1n) is 10.5. The smallest absolute Gasteiger partial charge is 0.249 e. The molecule has 1 saturated heterocycles. The fourth-order valence-corrected chi connectivity index (χ4v) is 4.47. The zero-order valence-electron chi connectivity index (χ0n) is 17.4. The van der Waals surface area contributed by atoms with Crippen molar-refractivity contribution in [3.05, 3.63) is 65.5 Å². The van der Waals surface area contributed by atoms with Gasteiger partial charge in [-0.15, -0.1) is 0 Å². The van der Waals surface area contributed by atoms with Crippen LogP contribution in [0.4, 0.5) is 11.5 Å². The van der Waals surface area contributed by atoms with Crippen molar-refractivity contribution in [1.29, 1.82) is 0 Å². The molecule has 0 spiro atoms. The van der Waals surface area contributed by atoms with Gasteiger partial charge in [0.25, 0.3) is 0 Å². The maximum absolute atomic E-state index is 13.3. The van der Waals surface area contributed by atoms with Crippen LogP contribution in [0.15, 0.2) is 48.7 Å². The molecule has 6 nitrogen and oxygen atoms in total. The molecule has 0 bridgehead atoms. The molecule has 1 aliphatic carbocycles.